The molecule has 7 heteroatoms. The highest BCUT2D eigenvalue weighted by atomic mass is 32.2. The Morgan fingerprint density at radius 2 is 1.96 bits per heavy atom. The number of amides is 2. The molecule has 1 atom stereocenters. The highest BCUT2D eigenvalue weighted by molar-refractivity contribution is 7.99. The molecule has 6 nitrogen and oxygen atoms in total. The van der Waals surface area contributed by atoms with Crippen LogP contribution in [0.4, 0.5) is 0 Å². The molecule has 1 saturated heterocycles. The summed E-state index contributed by atoms with van der Waals surface area (Å²) in [6.07, 6.45) is 4.49. The summed E-state index contributed by atoms with van der Waals surface area (Å²) in [7, 11) is 0. The number of benzene rings is 1. The maximum Gasteiger partial charge on any atom is 0.230 e. The van der Waals surface area contributed by atoms with E-state index in [1.165, 1.54) is 17.3 Å². The van der Waals surface area contributed by atoms with Gasteiger partial charge in [-0.1, -0.05) is 42.1 Å². The molecule has 1 N–H and O–H groups in total. The van der Waals surface area contributed by atoms with Crippen molar-refractivity contribution in [2.75, 3.05) is 18.8 Å². The van der Waals surface area contributed by atoms with Crippen molar-refractivity contribution in [3.8, 4) is 0 Å². The predicted octanol–water partition coefficient (Wildman–Crippen LogP) is 1.53. The molecule has 0 radical (unpaired) electrons. The summed E-state index contributed by atoms with van der Waals surface area (Å²) in [6, 6.07) is 11.7. The first-order valence-corrected chi connectivity index (χ1v) is 9.20. The van der Waals surface area contributed by atoms with Crippen molar-refractivity contribution < 1.29 is 9.59 Å². The highest BCUT2D eigenvalue weighted by Crippen LogP contribution is 2.14. The van der Waals surface area contributed by atoms with Crippen LogP contribution >= 0.6 is 11.8 Å². The van der Waals surface area contributed by atoms with Gasteiger partial charge in [-0.15, -0.1) is 0 Å². The summed E-state index contributed by atoms with van der Waals surface area (Å²) in [5.41, 5.74) is 1.21. The van der Waals surface area contributed by atoms with Crippen LogP contribution in [0.5, 0.6) is 0 Å². The van der Waals surface area contributed by atoms with E-state index in [4.69, 9.17) is 0 Å². The van der Waals surface area contributed by atoms with Gasteiger partial charge in [0.1, 0.15) is 0 Å². The summed E-state index contributed by atoms with van der Waals surface area (Å²) in [5, 5.41) is 3.50. The van der Waals surface area contributed by atoms with Crippen molar-refractivity contribution >= 4 is 23.6 Å². The van der Waals surface area contributed by atoms with Gasteiger partial charge in [-0.3, -0.25) is 9.59 Å². The van der Waals surface area contributed by atoms with Crippen LogP contribution in [0.15, 0.2) is 53.9 Å². The second-order valence-corrected chi connectivity index (χ2v) is 6.81. The molecule has 130 valence electrons. The first-order valence-electron chi connectivity index (χ1n) is 8.21. The fourth-order valence-corrected chi connectivity index (χ4v) is 3.37. The molecule has 0 saturated carbocycles. The molecule has 1 unspecified atom stereocenters. The number of nitrogens with one attached hydrogen (secondary N) is 1. The third-order valence-electron chi connectivity index (χ3n) is 3.97. The van der Waals surface area contributed by atoms with Gasteiger partial charge < -0.3 is 10.2 Å². The molecule has 0 bridgehead atoms. The molecular weight excluding hydrogens is 336 g/mol. The van der Waals surface area contributed by atoms with Crippen molar-refractivity contribution in [2.24, 2.45) is 0 Å². The predicted molar refractivity (Wildman–Crippen MR) is 96.0 cm³/mol. The molecule has 0 aliphatic carbocycles. The Morgan fingerprint density at radius 3 is 2.72 bits per heavy atom. The molecule has 3 rings (SSSR count). The van der Waals surface area contributed by atoms with Gasteiger partial charge in [-0.2, -0.15) is 0 Å². The molecule has 1 aromatic heterocycles. The lowest BCUT2D eigenvalue weighted by Gasteiger charge is -2.17. The minimum atomic E-state index is -0.118. The Hall–Kier alpha value is -2.41. The van der Waals surface area contributed by atoms with E-state index >= 15 is 0 Å². The van der Waals surface area contributed by atoms with E-state index < -0.39 is 0 Å². The van der Waals surface area contributed by atoms with E-state index in [9.17, 15) is 9.59 Å². The van der Waals surface area contributed by atoms with E-state index in [-0.39, 0.29) is 23.6 Å². The monoisotopic (exact) mass is 356 g/mol. The second kappa shape index (κ2) is 8.62. The SMILES string of the molecule is O=C(CSc1ncccn1)NC1CC(=O)N(CCc2ccccc2)C1. The first kappa shape index (κ1) is 17.4. The van der Waals surface area contributed by atoms with Crippen LogP contribution < -0.4 is 5.32 Å². The fourth-order valence-electron chi connectivity index (χ4n) is 2.75. The van der Waals surface area contributed by atoms with Crippen LogP contribution in [0.2, 0.25) is 0 Å². The van der Waals surface area contributed by atoms with Gasteiger partial charge in [-0.05, 0) is 18.1 Å². The van der Waals surface area contributed by atoms with Crippen molar-refractivity contribution in [1.82, 2.24) is 20.2 Å². The molecule has 1 aliphatic rings. The zero-order valence-corrected chi connectivity index (χ0v) is 14.6. The highest BCUT2D eigenvalue weighted by Gasteiger charge is 2.30. The van der Waals surface area contributed by atoms with Crippen LogP contribution in [0, 0.1) is 0 Å². The molecule has 0 spiro atoms. The molecule has 2 heterocycles. The number of nitrogens with zero attached hydrogens (tertiary/aromatic N) is 3. The summed E-state index contributed by atoms with van der Waals surface area (Å²) in [6.45, 7) is 1.26. The molecule has 1 aliphatic heterocycles. The Morgan fingerprint density at radius 1 is 1.20 bits per heavy atom. The van der Waals surface area contributed by atoms with Crippen molar-refractivity contribution in [2.45, 2.75) is 24.0 Å². The molecule has 2 amide bonds. The lowest BCUT2D eigenvalue weighted by molar-refractivity contribution is -0.127. The maximum atomic E-state index is 12.1. The molecule has 1 aromatic carbocycles. The van der Waals surface area contributed by atoms with Crippen LogP contribution in [-0.2, 0) is 16.0 Å². The summed E-state index contributed by atoms with van der Waals surface area (Å²) in [4.78, 5) is 34.1. The molecule has 2 aromatic rings. The lowest BCUT2D eigenvalue weighted by atomic mass is 10.1. The third kappa shape index (κ3) is 5.29. The average molecular weight is 356 g/mol. The Kier molecular flexibility index (Phi) is 6.00. The second-order valence-electron chi connectivity index (χ2n) is 5.86. The van der Waals surface area contributed by atoms with E-state index in [0.29, 0.717) is 24.7 Å². The number of hydrogen-bond donors (Lipinski definition) is 1. The minimum Gasteiger partial charge on any atom is -0.350 e. The number of hydrogen-bond acceptors (Lipinski definition) is 5. The van der Waals surface area contributed by atoms with Crippen LogP contribution in [0.25, 0.3) is 0 Å². The standard InChI is InChI=1S/C18H20N4O2S/c23-16(13-25-18-19-8-4-9-20-18)21-15-11-17(24)22(12-15)10-7-14-5-2-1-3-6-14/h1-6,8-9,15H,7,10-13H2,(H,21,23). The smallest absolute Gasteiger partial charge is 0.230 e. The van der Waals surface area contributed by atoms with Crippen LogP contribution in [0.1, 0.15) is 12.0 Å². The van der Waals surface area contributed by atoms with Crippen LogP contribution in [0.3, 0.4) is 0 Å². The number of carbonyl (C=O) groups is 2. The van der Waals surface area contributed by atoms with E-state index in [0.717, 1.165) is 6.42 Å². The summed E-state index contributed by atoms with van der Waals surface area (Å²) in [5.74, 6) is 0.249. The van der Waals surface area contributed by atoms with Gasteiger partial charge in [0.15, 0.2) is 5.16 Å². The maximum absolute atomic E-state index is 12.1. The lowest BCUT2D eigenvalue weighted by Crippen LogP contribution is -2.38. The third-order valence-corrected chi connectivity index (χ3v) is 4.84. The van der Waals surface area contributed by atoms with Gasteiger partial charge in [0, 0.05) is 31.9 Å². The van der Waals surface area contributed by atoms with Gasteiger partial charge in [0.2, 0.25) is 11.8 Å². The van der Waals surface area contributed by atoms with E-state index in [1.54, 1.807) is 18.5 Å². The van der Waals surface area contributed by atoms with Crippen LogP contribution in [-0.4, -0.2) is 51.6 Å². The normalized spacial score (nSPS) is 16.9. The van der Waals surface area contributed by atoms with Crippen molar-refractivity contribution in [3.63, 3.8) is 0 Å². The zero-order valence-electron chi connectivity index (χ0n) is 13.8. The Bertz CT molecular complexity index is 712. The summed E-state index contributed by atoms with van der Waals surface area (Å²) < 4.78 is 0. The Balaban J connectivity index is 1.41. The fraction of sp³-hybridized carbons (Fsp3) is 0.333. The Labute approximate surface area is 151 Å². The number of rotatable bonds is 7. The number of likely N-dealkylation sites (tertiary alicyclic amines) is 1. The molecule has 25 heavy (non-hydrogen) atoms. The quantitative estimate of drug-likeness (QED) is 0.601. The van der Waals surface area contributed by atoms with E-state index in [2.05, 4.69) is 27.4 Å². The molecule has 1 fully saturated rings. The van der Waals surface area contributed by atoms with Crippen molar-refractivity contribution in [1.29, 1.82) is 0 Å². The topological polar surface area (TPSA) is 75.2 Å². The van der Waals surface area contributed by atoms with E-state index in [1.807, 2.05) is 23.1 Å². The van der Waals surface area contributed by atoms with Gasteiger partial charge in [0.25, 0.3) is 0 Å². The first-order chi connectivity index (χ1) is 12.2. The number of carbonyl (C=O) groups excluding carboxylic acids is 2. The largest absolute Gasteiger partial charge is 0.350 e. The van der Waals surface area contributed by atoms with Gasteiger partial charge in [-0.25, -0.2) is 9.97 Å². The average Bonchev–Trinajstić information content (AvgIpc) is 2.99. The molecular formula is C18H20N4O2S. The van der Waals surface area contributed by atoms with Crippen molar-refractivity contribution in [3.05, 3.63) is 54.4 Å². The van der Waals surface area contributed by atoms with Gasteiger partial charge >= 0.3 is 0 Å². The zero-order chi connectivity index (χ0) is 17.5. The van der Waals surface area contributed by atoms with Gasteiger partial charge in [0.05, 0.1) is 11.8 Å². The number of aromatic nitrogens is 2. The number of thioether (sulfide) groups is 1. The summed E-state index contributed by atoms with van der Waals surface area (Å²) >= 11 is 1.29. The minimum absolute atomic E-state index is 0.0971.